The molecule has 2 aromatic rings. The van der Waals surface area contributed by atoms with E-state index in [1.54, 1.807) is 41.7 Å². The average molecular weight is 558 g/mol. The van der Waals surface area contributed by atoms with Gasteiger partial charge >= 0.3 is 12.3 Å². The van der Waals surface area contributed by atoms with E-state index in [1.165, 1.54) is 0 Å². The Labute approximate surface area is 222 Å². The third-order valence-electron chi connectivity index (χ3n) is 4.86. The number of rotatable bonds is 4. The number of hydrogen-bond donors (Lipinski definition) is 1. The van der Waals surface area contributed by atoms with Gasteiger partial charge in [0.05, 0.1) is 28.5 Å². The number of carbonyl (C=O) groups excluding carboxylic acids is 5. The van der Waals surface area contributed by atoms with E-state index in [4.69, 9.17) is 54.0 Å². The number of hydrazone groups is 1. The lowest BCUT2D eigenvalue weighted by Gasteiger charge is -2.23. The van der Waals surface area contributed by atoms with Crippen LogP contribution in [-0.4, -0.2) is 45.4 Å². The highest BCUT2D eigenvalue weighted by molar-refractivity contribution is 6.65. The Bertz CT molecular complexity index is 1100. The third kappa shape index (κ3) is 9.03. The molecular formula is C22H23Cl3N6O5. The van der Waals surface area contributed by atoms with Crippen molar-refractivity contribution in [3.8, 4) is 0 Å². The lowest BCUT2D eigenvalue weighted by molar-refractivity contribution is -0.193. The Morgan fingerprint density at radius 2 is 1.39 bits per heavy atom. The first kappa shape index (κ1) is 30.7. The van der Waals surface area contributed by atoms with Crippen molar-refractivity contribution in [1.29, 1.82) is 0 Å². The number of pyridine rings is 2. The van der Waals surface area contributed by atoms with Crippen LogP contribution in [0, 0.1) is 0 Å². The minimum atomic E-state index is 0.0172. The molecular weight excluding hydrogens is 535 g/mol. The van der Waals surface area contributed by atoms with Gasteiger partial charge in [0.25, 0.3) is 0 Å². The van der Waals surface area contributed by atoms with Crippen molar-refractivity contribution in [2.75, 3.05) is 10.0 Å². The molecule has 4 heterocycles. The van der Waals surface area contributed by atoms with Crippen molar-refractivity contribution in [2.24, 2.45) is 5.10 Å². The Balaban J connectivity index is 0.000000296. The lowest BCUT2D eigenvalue weighted by Crippen LogP contribution is -2.38. The molecule has 14 heteroatoms. The predicted molar refractivity (Wildman–Crippen MR) is 132 cm³/mol. The first-order valence-corrected chi connectivity index (χ1v) is 11.7. The zero-order valence-corrected chi connectivity index (χ0v) is 21.6. The van der Waals surface area contributed by atoms with E-state index in [0.717, 1.165) is 19.3 Å². The first-order chi connectivity index (χ1) is 17.3. The molecule has 1 amide bonds. The maximum Gasteiger partial charge on any atom is 0.373 e. The highest BCUT2D eigenvalue weighted by Gasteiger charge is 2.31. The monoisotopic (exact) mass is 556 g/mol. The number of hydrazine groups is 1. The first-order valence-electron chi connectivity index (χ1n) is 10.6. The molecule has 1 N–H and O–H groups in total. The lowest BCUT2D eigenvalue weighted by atomic mass is 10.1. The molecule has 4 rings (SSSR count). The molecule has 2 aromatic heterocycles. The van der Waals surface area contributed by atoms with E-state index >= 15 is 0 Å². The Morgan fingerprint density at radius 3 is 1.86 bits per heavy atom. The molecule has 0 aromatic carbocycles. The van der Waals surface area contributed by atoms with Crippen molar-refractivity contribution in [3.05, 3.63) is 46.7 Å². The summed E-state index contributed by atoms with van der Waals surface area (Å²) in [5.41, 5.74) is 2.76. The number of carbonyl (C=O) groups is 1. The summed E-state index contributed by atoms with van der Waals surface area (Å²) in [6.45, 7) is 4.13. The third-order valence-corrected chi connectivity index (χ3v) is 5.68. The van der Waals surface area contributed by atoms with Crippen molar-refractivity contribution >= 4 is 69.8 Å². The summed E-state index contributed by atoms with van der Waals surface area (Å²) in [4.78, 5) is 52.2. The smallest absolute Gasteiger partial charge is 0.273 e. The maximum atomic E-state index is 11.3. The second-order valence-corrected chi connectivity index (χ2v) is 8.29. The van der Waals surface area contributed by atoms with E-state index in [-0.39, 0.29) is 30.3 Å². The van der Waals surface area contributed by atoms with Gasteiger partial charge in [-0.25, -0.2) is 15.0 Å². The zero-order chi connectivity index (χ0) is 27.1. The van der Waals surface area contributed by atoms with Gasteiger partial charge < -0.3 is 0 Å². The SMILES string of the molecule is CCC1CC(=O)NN1c1ncccc1Cl.CCC1CC(Cl)=NN1c1ncccc1Cl.O=C=O.O=C=O. The molecule has 11 nitrogen and oxygen atoms in total. The van der Waals surface area contributed by atoms with Crippen LogP contribution < -0.4 is 15.4 Å². The molecule has 36 heavy (non-hydrogen) atoms. The molecule has 1 saturated heterocycles. The second-order valence-electron chi connectivity index (χ2n) is 7.04. The van der Waals surface area contributed by atoms with Crippen LogP contribution >= 0.6 is 34.8 Å². The van der Waals surface area contributed by atoms with Crippen LogP contribution in [0.3, 0.4) is 0 Å². The summed E-state index contributed by atoms with van der Waals surface area (Å²) in [7, 11) is 0. The van der Waals surface area contributed by atoms with Crippen LogP contribution in [0.4, 0.5) is 11.6 Å². The van der Waals surface area contributed by atoms with Crippen molar-refractivity contribution in [3.63, 3.8) is 0 Å². The number of nitrogens with zero attached hydrogens (tertiary/aromatic N) is 5. The van der Waals surface area contributed by atoms with Gasteiger partial charge in [0.2, 0.25) is 5.91 Å². The second kappa shape index (κ2) is 16.4. The number of anilines is 2. The summed E-state index contributed by atoms with van der Waals surface area (Å²) >= 11 is 18.0. The molecule has 2 unspecified atom stereocenters. The molecule has 2 atom stereocenters. The van der Waals surface area contributed by atoms with Crippen LogP contribution in [0.1, 0.15) is 39.5 Å². The number of amides is 1. The standard InChI is InChI=1S/C10H11Cl2N3.C10H12ClN3O.2CO2/c1-2-7-6-9(12)14-15(7)10-8(11)4-3-5-13-10;1-2-7-6-9(15)13-14(7)10-8(11)4-3-5-12-10;2*2-1-3/h3-5,7H,2,6H2,1H3;3-5,7H,2,6H2,1H3,(H,13,15);;. The number of aromatic nitrogens is 2. The minimum Gasteiger partial charge on any atom is -0.273 e. The molecule has 0 aliphatic carbocycles. The van der Waals surface area contributed by atoms with E-state index in [1.807, 2.05) is 11.9 Å². The number of halogens is 3. The predicted octanol–water partition coefficient (Wildman–Crippen LogP) is 3.86. The van der Waals surface area contributed by atoms with Gasteiger partial charge in [-0.2, -0.15) is 24.3 Å². The van der Waals surface area contributed by atoms with Gasteiger partial charge in [-0.1, -0.05) is 48.7 Å². The van der Waals surface area contributed by atoms with E-state index in [9.17, 15) is 4.79 Å². The van der Waals surface area contributed by atoms with E-state index in [2.05, 4.69) is 27.4 Å². The van der Waals surface area contributed by atoms with Crippen molar-refractivity contribution in [1.82, 2.24) is 15.4 Å². The van der Waals surface area contributed by atoms with Crippen LogP contribution in [0.25, 0.3) is 0 Å². The normalized spacial score (nSPS) is 17.6. The molecule has 0 radical (unpaired) electrons. The summed E-state index contributed by atoms with van der Waals surface area (Å²) in [6, 6.07) is 7.55. The summed E-state index contributed by atoms with van der Waals surface area (Å²) in [5, 5.41) is 9.58. The van der Waals surface area contributed by atoms with E-state index < -0.39 is 0 Å². The fourth-order valence-electron chi connectivity index (χ4n) is 3.29. The van der Waals surface area contributed by atoms with E-state index in [0.29, 0.717) is 33.3 Å². The van der Waals surface area contributed by atoms with Crippen LogP contribution in [0.2, 0.25) is 10.0 Å². The van der Waals surface area contributed by atoms with Crippen molar-refractivity contribution in [2.45, 2.75) is 51.6 Å². The van der Waals surface area contributed by atoms with Gasteiger partial charge in [-0.05, 0) is 37.1 Å². The average Bonchev–Trinajstić information content (AvgIpc) is 3.42. The molecule has 1 fully saturated rings. The molecule has 2 aliphatic heterocycles. The summed E-state index contributed by atoms with van der Waals surface area (Å²) in [5.74, 6) is 1.32. The van der Waals surface area contributed by atoms with Gasteiger partial charge in [0, 0.05) is 18.8 Å². The van der Waals surface area contributed by atoms with Crippen LogP contribution in [-0.2, 0) is 24.0 Å². The minimum absolute atomic E-state index is 0.0172. The molecule has 0 bridgehead atoms. The zero-order valence-electron chi connectivity index (χ0n) is 19.4. The van der Waals surface area contributed by atoms with Gasteiger partial charge in [0.15, 0.2) is 11.6 Å². The maximum absolute atomic E-state index is 11.3. The highest BCUT2D eigenvalue weighted by Crippen LogP contribution is 2.30. The van der Waals surface area contributed by atoms with Gasteiger partial charge in [-0.15, -0.1) is 0 Å². The van der Waals surface area contributed by atoms with Crippen LogP contribution in [0.15, 0.2) is 41.8 Å². The molecule has 192 valence electrons. The fourth-order valence-corrected chi connectivity index (χ4v) is 3.97. The summed E-state index contributed by atoms with van der Waals surface area (Å²) in [6.07, 6.45) is 6.99. The van der Waals surface area contributed by atoms with Crippen LogP contribution in [0.5, 0.6) is 0 Å². The quantitative estimate of drug-likeness (QED) is 0.593. The summed E-state index contributed by atoms with van der Waals surface area (Å²) < 4.78 is 0. The molecule has 0 saturated carbocycles. The highest BCUT2D eigenvalue weighted by atomic mass is 35.5. The fraction of sp³-hybridized carbons (Fsp3) is 0.364. The molecule has 0 spiro atoms. The van der Waals surface area contributed by atoms with Gasteiger partial charge in [-0.3, -0.25) is 15.2 Å². The topological polar surface area (TPSA) is 142 Å². The Morgan fingerprint density at radius 1 is 0.889 bits per heavy atom. The largest absolute Gasteiger partial charge is 0.373 e. The number of nitrogens with one attached hydrogen (secondary N) is 1. The van der Waals surface area contributed by atoms with Gasteiger partial charge in [0.1, 0.15) is 5.17 Å². The number of hydrogen-bond acceptors (Lipinski definition) is 10. The van der Waals surface area contributed by atoms with Crippen molar-refractivity contribution < 1.29 is 24.0 Å². The Hall–Kier alpha value is -3.33. The Kier molecular flexibility index (Phi) is 14.0. The molecule has 2 aliphatic rings.